The van der Waals surface area contributed by atoms with E-state index in [2.05, 4.69) is 77.1 Å². The Morgan fingerprint density at radius 3 is 2.73 bits per heavy atom. The van der Waals surface area contributed by atoms with Crippen LogP contribution in [0.25, 0.3) is 27.8 Å². The van der Waals surface area contributed by atoms with Gasteiger partial charge in [0, 0.05) is 30.9 Å². The Balaban J connectivity index is 2.17. The zero-order valence-corrected chi connectivity index (χ0v) is 13.3. The molecule has 4 rings (SSSR count). The van der Waals surface area contributed by atoms with Crippen molar-refractivity contribution in [2.45, 2.75) is 13.8 Å². The van der Waals surface area contributed by atoms with Crippen molar-refractivity contribution in [1.82, 2.24) is 14.0 Å². The molecule has 4 nitrogen and oxygen atoms in total. The van der Waals surface area contributed by atoms with Crippen LogP contribution in [0, 0.1) is 13.8 Å². The van der Waals surface area contributed by atoms with Gasteiger partial charge in [-0.15, -0.1) is 0 Å². The van der Waals surface area contributed by atoms with Gasteiger partial charge in [-0.1, -0.05) is 12.1 Å². The summed E-state index contributed by atoms with van der Waals surface area (Å²) < 4.78 is 6.52. The van der Waals surface area contributed by atoms with E-state index in [4.69, 9.17) is 0 Å². The van der Waals surface area contributed by atoms with E-state index < -0.39 is 0 Å². The molecule has 0 unspecified atom stereocenters. The monoisotopic (exact) mass is 291 g/mol. The Labute approximate surface area is 129 Å². The Hall–Kier alpha value is -2.62. The third-order valence-corrected chi connectivity index (χ3v) is 4.52. The summed E-state index contributed by atoms with van der Waals surface area (Å²) in [5.41, 5.74) is 4.78. The summed E-state index contributed by atoms with van der Waals surface area (Å²) in [6.45, 7) is 4.31. The summed E-state index contributed by atoms with van der Waals surface area (Å²) in [4.78, 5) is 4.43. The first-order chi connectivity index (χ1) is 10.6. The van der Waals surface area contributed by atoms with Gasteiger partial charge in [0.25, 0.3) is 5.82 Å². The molecule has 0 aliphatic carbocycles. The summed E-state index contributed by atoms with van der Waals surface area (Å²) in [6, 6.07) is 6.56. The van der Waals surface area contributed by atoms with Gasteiger partial charge in [-0.05, 0) is 23.9 Å². The number of imidazole rings is 2. The molecule has 1 aromatic carbocycles. The maximum absolute atomic E-state index is 4.43. The zero-order chi connectivity index (χ0) is 15.4. The van der Waals surface area contributed by atoms with Gasteiger partial charge in [-0.25, -0.2) is 14.1 Å². The van der Waals surface area contributed by atoms with Crippen LogP contribution < -0.4 is 4.57 Å². The van der Waals surface area contributed by atoms with E-state index in [1.165, 1.54) is 33.4 Å². The van der Waals surface area contributed by atoms with E-state index in [-0.39, 0.29) is 0 Å². The molecular formula is C18H19N4+. The second kappa shape index (κ2) is 4.44. The minimum Gasteiger partial charge on any atom is -0.306 e. The number of pyridine rings is 1. The molecule has 4 aromatic rings. The lowest BCUT2D eigenvalue weighted by molar-refractivity contribution is -0.659. The van der Waals surface area contributed by atoms with Crippen molar-refractivity contribution in [2.75, 3.05) is 0 Å². The number of aryl methyl sites for hydroxylation is 3. The maximum atomic E-state index is 4.43. The van der Waals surface area contributed by atoms with Crippen molar-refractivity contribution < 1.29 is 4.57 Å². The van der Waals surface area contributed by atoms with Crippen LogP contribution in [0.1, 0.15) is 11.3 Å². The predicted octanol–water partition coefficient (Wildman–Crippen LogP) is 2.93. The summed E-state index contributed by atoms with van der Waals surface area (Å²) in [6.07, 6.45) is 8.15. The minimum absolute atomic E-state index is 0.980. The topological polar surface area (TPSA) is 26.1 Å². The number of fused-ring (bicyclic) bond motifs is 2. The predicted molar refractivity (Wildman–Crippen MR) is 87.8 cm³/mol. The largest absolute Gasteiger partial charge is 0.306 e. The van der Waals surface area contributed by atoms with E-state index >= 15 is 0 Å². The van der Waals surface area contributed by atoms with Crippen molar-refractivity contribution in [1.29, 1.82) is 0 Å². The normalized spacial score (nSPS) is 11.6. The lowest BCUT2D eigenvalue weighted by atomic mass is 10.00. The molecule has 0 aliphatic heterocycles. The first-order valence-electron chi connectivity index (χ1n) is 7.44. The Morgan fingerprint density at radius 1 is 1.18 bits per heavy atom. The molecule has 0 fully saturated rings. The third kappa shape index (κ3) is 1.70. The summed E-state index contributed by atoms with van der Waals surface area (Å²) in [7, 11) is 4.23. The molecule has 0 saturated heterocycles. The molecule has 3 aromatic heterocycles. The quantitative estimate of drug-likeness (QED) is 0.495. The van der Waals surface area contributed by atoms with Crippen molar-refractivity contribution in [3.63, 3.8) is 0 Å². The standard InChI is InChI=1S/C18H19N4/c1-12-5-6-14-11-22-8-7-19-16(22)9-15(14)17(12)18-20(3)10-13(2)21(18)4/h5-11H,1-4H3/q+1. The molecule has 22 heavy (non-hydrogen) atoms. The fraction of sp³-hybridized carbons (Fsp3) is 0.222. The molecule has 0 atom stereocenters. The van der Waals surface area contributed by atoms with E-state index in [1.54, 1.807) is 0 Å². The lowest BCUT2D eigenvalue weighted by Crippen LogP contribution is -2.29. The highest BCUT2D eigenvalue weighted by molar-refractivity contribution is 5.97. The van der Waals surface area contributed by atoms with Crippen molar-refractivity contribution in [2.24, 2.45) is 14.1 Å². The molecule has 0 aliphatic rings. The maximum Gasteiger partial charge on any atom is 0.289 e. The molecule has 4 heteroatoms. The average Bonchev–Trinajstić information content (AvgIpc) is 3.03. The molecule has 0 amide bonds. The smallest absolute Gasteiger partial charge is 0.289 e. The van der Waals surface area contributed by atoms with E-state index in [1.807, 2.05) is 12.4 Å². The van der Waals surface area contributed by atoms with Crippen LogP contribution in [0.5, 0.6) is 0 Å². The molecule has 0 bridgehead atoms. The highest BCUT2D eigenvalue weighted by atomic mass is 15.1. The van der Waals surface area contributed by atoms with Gasteiger partial charge in [0.15, 0.2) is 0 Å². The van der Waals surface area contributed by atoms with Crippen LogP contribution in [0.15, 0.2) is 43.0 Å². The molecule has 0 radical (unpaired) electrons. The first kappa shape index (κ1) is 13.1. The fourth-order valence-corrected chi connectivity index (χ4v) is 3.31. The SMILES string of the molecule is Cc1ccc2cn3ccnc3cc2c1-c1n(C)c(C)c[n+]1C. The minimum atomic E-state index is 0.980. The third-order valence-electron chi connectivity index (χ3n) is 4.52. The van der Waals surface area contributed by atoms with Crippen LogP contribution in [-0.4, -0.2) is 14.0 Å². The summed E-state index contributed by atoms with van der Waals surface area (Å²) >= 11 is 0. The molecule has 0 N–H and O–H groups in total. The number of hydrogen-bond donors (Lipinski definition) is 0. The van der Waals surface area contributed by atoms with Gasteiger partial charge in [-0.2, -0.15) is 0 Å². The van der Waals surface area contributed by atoms with E-state index in [0.717, 1.165) is 5.65 Å². The first-order valence-corrected chi connectivity index (χ1v) is 7.44. The van der Waals surface area contributed by atoms with Crippen LogP contribution in [-0.2, 0) is 14.1 Å². The molecule has 110 valence electrons. The Morgan fingerprint density at radius 2 is 2.00 bits per heavy atom. The second-order valence-electron chi connectivity index (χ2n) is 5.99. The van der Waals surface area contributed by atoms with Gasteiger partial charge in [0.2, 0.25) is 0 Å². The van der Waals surface area contributed by atoms with Crippen molar-refractivity contribution >= 4 is 16.4 Å². The average molecular weight is 291 g/mol. The van der Waals surface area contributed by atoms with Crippen LogP contribution in [0.2, 0.25) is 0 Å². The van der Waals surface area contributed by atoms with Crippen LogP contribution >= 0.6 is 0 Å². The van der Waals surface area contributed by atoms with E-state index in [9.17, 15) is 0 Å². The number of aromatic nitrogens is 4. The van der Waals surface area contributed by atoms with Crippen LogP contribution in [0.4, 0.5) is 0 Å². The number of benzene rings is 1. The summed E-state index contributed by atoms with van der Waals surface area (Å²) in [5, 5.41) is 2.47. The highest BCUT2D eigenvalue weighted by Crippen LogP contribution is 2.31. The van der Waals surface area contributed by atoms with Gasteiger partial charge in [0.05, 0.1) is 19.7 Å². The molecular weight excluding hydrogens is 272 g/mol. The van der Waals surface area contributed by atoms with Gasteiger partial charge in [-0.3, -0.25) is 0 Å². The summed E-state index contributed by atoms with van der Waals surface area (Å²) in [5.74, 6) is 1.22. The van der Waals surface area contributed by atoms with E-state index in [0.29, 0.717) is 0 Å². The number of rotatable bonds is 1. The second-order valence-corrected chi connectivity index (χ2v) is 5.99. The zero-order valence-electron chi connectivity index (χ0n) is 13.3. The molecule has 0 spiro atoms. The fourth-order valence-electron chi connectivity index (χ4n) is 3.31. The van der Waals surface area contributed by atoms with Crippen LogP contribution in [0.3, 0.4) is 0 Å². The number of hydrogen-bond acceptors (Lipinski definition) is 1. The van der Waals surface area contributed by atoms with Crippen molar-refractivity contribution in [3.05, 3.63) is 54.2 Å². The van der Waals surface area contributed by atoms with Gasteiger partial charge in [0.1, 0.15) is 17.5 Å². The lowest BCUT2D eigenvalue weighted by Gasteiger charge is -2.09. The molecule has 3 heterocycles. The Bertz CT molecular complexity index is 1020. The number of nitrogens with zero attached hydrogens (tertiary/aromatic N) is 4. The highest BCUT2D eigenvalue weighted by Gasteiger charge is 2.22. The van der Waals surface area contributed by atoms with Gasteiger partial charge < -0.3 is 4.40 Å². The molecule has 0 saturated carbocycles. The van der Waals surface area contributed by atoms with Crippen molar-refractivity contribution in [3.8, 4) is 11.4 Å². The Kier molecular flexibility index (Phi) is 2.64. The van der Waals surface area contributed by atoms with Gasteiger partial charge >= 0.3 is 0 Å².